The molecule has 1 atom stereocenters. The highest BCUT2D eigenvalue weighted by Crippen LogP contribution is 2.24. The van der Waals surface area contributed by atoms with E-state index in [0.29, 0.717) is 43.2 Å². The number of carbonyl (C=O) groups is 1. The summed E-state index contributed by atoms with van der Waals surface area (Å²) in [5, 5.41) is 0. The highest BCUT2D eigenvalue weighted by molar-refractivity contribution is 7.89. The molecular weight excluding hydrogens is 386 g/mol. The van der Waals surface area contributed by atoms with Gasteiger partial charge in [-0.25, -0.2) is 8.42 Å². The quantitative estimate of drug-likeness (QED) is 0.771. The fourth-order valence-corrected chi connectivity index (χ4v) is 5.23. The first-order chi connectivity index (χ1) is 12.2. The molecule has 6 nitrogen and oxygen atoms in total. The highest BCUT2D eigenvalue weighted by Gasteiger charge is 2.28. The van der Waals surface area contributed by atoms with Gasteiger partial charge in [-0.05, 0) is 50.3 Å². The summed E-state index contributed by atoms with van der Waals surface area (Å²) in [7, 11) is -3.59. The molecule has 1 aliphatic heterocycles. The minimum Gasteiger partial charge on any atom is -0.339 e. The molecule has 1 heterocycles. The van der Waals surface area contributed by atoms with Gasteiger partial charge in [0.2, 0.25) is 10.0 Å². The molecule has 1 aliphatic rings. The number of amides is 1. The Labute approximate surface area is 169 Å². The zero-order valence-corrected chi connectivity index (χ0v) is 18.3. The van der Waals surface area contributed by atoms with Gasteiger partial charge in [-0.2, -0.15) is 4.31 Å². The lowest BCUT2D eigenvalue weighted by Crippen LogP contribution is -2.42. The van der Waals surface area contributed by atoms with Gasteiger partial charge >= 0.3 is 0 Å². The number of rotatable bonds is 6. The molecule has 0 bridgehead atoms. The predicted molar refractivity (Wildman–Crippen MR) is 111 cm³/mol. The summed E-state index contributed by atoms with van der Waals surface area (Å²) in [6.45, 7) is 9.53. The number of likely N-dealkylation sites (tertiary alicyclic amines) is 1. The van der Waals surface area contributed by atoms with Gasteiger partial charge in [0.05, 0.1) is 4.90 Å². The van der Waals surface area contributed by atoms with Crippen LogP contribution in [0.4, 0.5) is 0 Å². The van der Waals surface area contributed by atoms with Crippen molar-refractivity contribution in [2.45, 2.75) is 51.5 Å². The second-order valence-corrected chi connectivity index (χ2v) is 8.96. The third-order valence-corrected chi connectivity index (χ3v) is 7.52. The van der Waals surface area contributed by atoms with Gasteiger partial charge in [-0.1, -0.05) is 19.9 Å². The van der Waals surface area contributed by atoms with Gasteiger partial charge in [0.15, 0.2) is 0 Å². The summed E-state index contributed by atoms with van der Waals surface area (Å²) in [5.74, 6) is 0.333. The number of nitrogens with two attached hydrogens (primary N) is 1. The Hall–Kier alpha value is -1.15. The molecule has 154 valence electrons. The average molecular weight is 418 g/mol. The van der Waals surface area contributed by atoms with Crippen LogP contribution in [0.1, 0.15) is 49.5 Å². The van der Waals surface area contributed by atoms with E-state index >= 15 is 0 Å². The normalized spacial score (nSPS) is 16.9. The van der Waals surface area contributed by atoms with Crippen molar-refractivity contribution in [2.24, 2.45) is 11.7 Å². The first-order valence-electron chi connectivity index (χ1n) is 9.38. The Balaban J connectivity index is 0.00000364. The molecular formula is C19H32ClN3O3S. The van der Waals surface area contributed by atoms with Crippen LogP contribution in [0.3, 0.4) is 0 Å². The molecule has 27 heavy (non-hydrogen) atoms. The average Bonchev–Trinajstić information content (AvgIpc) is 2.62. The molecule has 1 fully saturated rings. The van der Waals surface area contributed by atoms with Crippen LogP contribution in [0, 0.1) is 12.8 Å². The standard InChI is InChI=1S/C19H31N3O3S.ClH/c1-5-22(6-2)26(24,25)18-13-17(8-7-14(18)3)19(23)21-11-9-16(10-12-21)15(4)20;/h7-8,13,15-16H,5-6,9-12,20H2,1-4H3;1H. The Kier molecular flexibility index (Phi) is 8.73. The Morgan fingerprint density at radius 1 is 1.26 bits per heavy atom. The molecule has 1 aromatic carbocycles. The van der Waals surface area contributed by atoms with Crippen LogP contribution in [0.15, 0.2) is 23.1 Å². The van der Waals surface area contributed by atoms with E-state index in [1.807, 2.05) is 20.8 Å². The van der Waals surface area contributed by atoms with Crippen molar-refractivity contribution in [3.8, 4) is 0 Å². The third kappa shape index (κ3) is 5.22. The summed E-state index contributed by atoms with van der Waals surface area (Å²) in [6.07, 6.45) is 1.78. The molecule has 1 aromatic rings. The molecule has 2 N–H and O–H groups in total. The number of sulfonamides is 1. The minimum absolute atomic E-state index is 0. The maximum atomic E-state index is 12.9. The van der Waals surface area contributed by atoms with E-state index < -0.39 is 10.0 Å². The fourth-order valence-electron chi connectivity index (χ4n) is 3.52. The summed E-state index contributed by atoms with van der Waals surface area (Å²) in [5.41, 5.74) is 7.05. The van der Waals surface area contributed by atoms with Crippen LogP contribution >= 0.6 is 12.4 Å². The predicted octanol–water partition coefficient (Wildman–Crippen LogP) is 2.65. The minimum atomic E-state index is -3.59. The Morgan fingerprint density at radius 3 is 2.30 bits per heavy atom. The van der Waals surface area contributed by atoms with Gasteiger partial charge in [0, 0.05) is 37.8 Å². The molecule has 0 aromatic heterocycles. The fraction of sp³-hybridized carbons (Fsp3) is 0.632. The van der Waals surface area contributed by atoms with Crippen molar-refractivity contribution in [1.29, 1.82) is 0 Å². The van der Waals surface area contributed by atoms with Gasteiger partial charge in [0.25, 0.3) is 5.91 Å². The number of piperidine rings is 1. The van der Waals surface area contributed by atoms with E-state index in [-0.39, 0.29) is 29.3 Å². The van der Waals surface area contributed by atoms with Crippen LogP contribution in [0.2, 0.25) is 0 Å². The summed E-state index contributed by atoms with van der Waals surface area (Å²) in [4.78, 5) is 14.9. The van der Waals surface area contributed by atoms with Crippen LogP contribution in [0.5, 0.6) is 0 Å². The molecule has 0 saturated carbocycles. The Bertz CT molecular complexity index is 741. The van der Waals surface area contributed by atoms with Gasteiger partial charge in [-0.3, -0.25) is 4.79 Å². The summed E-state index contributed by atoms with van der Waals surface area (Å²) < 4.78 is 27.2. The molecule has 1 saturated heterocycles. The summed E-state index contributed by atoms with van der Waals surface area (Å²) in [6, 6.07) is 5.11. The zero-order chi connectivity index (χ0) is 19.5. The number of aryl methyl sites for hydroxylation is 1. The van der Waals surface area contributed by atoms with Gasteiger partial charge in [0.1, 0.15) is 0 Å². The lowest BCUT2D eigenvalue weighted by molar-refractivity contribution is 0.0680. The highest BCUT2D eigenvalue weighted by atomic mass is 35.5. The molecule has 1 amide bonds. The van der Waals surface area contributed by atoms with Crippen LogP contribution in [-0.2, 0) is 10.0 Å². The SMILES string of the molecule is CCN(CC)S(=O)(=O)c1cc(C(=O)N2CCC(C(C)N)CC2)ccc1C.Cl. The lowest BCUT2D eigenvalue weighted by Gasteiger charge is -2.34. The molecule has 0 radical (unpaired) electrons. The van der Waals surface area contributed by atoms with E-state index in [1.54, 1.807) is 24.0 Å². The maximum absolute atomic E-state index is 12.9. The monoisotopic (exact) mass is 417 g/mol. The lowest BCUT2D eigenvalue weighted by atomic mass is 9.90. The Morgan fingerprint density at radius 2 is 1.81 bits per heavy atom. The van der Waals surface area contributed by atoms with Crippen LogP contribution < -0.4 is 5.73 Å². The molecule has 2 rings (SSSR count). The second kappa shape index (κ2) is 9.87. The van der Waals surface area contributed by atoms with Crippen molar-refractivity contribution in [3.63, 3.8) is 0 Å². The van der Waals surface area contributed by atoms with Gasteiger partial charge in [-0.15, -0.1) is 12.4 Å². The smallest absolute Gasteiger partial charge is 0.253 e. The van der Waals surface area contributed by atoms with E-state index in [1.165, 1.54) is 10.4 Å². The van der Waals surface area contributed by atoms with E-state index in [0.717, 1.165) is 12.8 Å². The van der Waals surface area contributed by atoms with E-state index in [9.17, 15) is 13.2 Å². The van der Waals surface area contributed by atoms with E-state index in [2.05, 4.69) is 0 Å². The molecule has 0 spiro atoms. The number of nitrogens with zero attached hydrogens (tertiary/aromatic N) is 2. The van der Waals surface area contributed by atoms with Crippen LogP contribution in [0.25, 0.3) is 0 Å². The number of hydrogen-bond acceptors (Lipinski definition) is 4. The van der Waals surface area contributed by atoms with Crippen molar-refractivity contribution in [1.82, 2.24) is 9.21 Å². The number of hydrogen-bond donors (Lipinski definition) is 1. The number of halogens is 1. The first-order valence-corrected chi connectivity index (χ1v) is 10.8. The third-order valence-electron chi connectivity index (χ3n) is 5.33. The van der Waals surface area contributed by atoms with Crippen molar-refractivity contribution in [3.05, 3.63) is 29.3 Å². The molecule has 8 heteroatoms. The number of benzene rings is 1. The largest absolute Gasteiger partial charge is 0.339 e. The first kappa shape index (κ1) is 23.9. The summed E-state index contributed by atoms with van der Waals surface area (Å²) >= 11 is 0. The van der Waals surface area contributed by atoms with Crippen molar-refractivity contribution < 1.29 is 13.2 Å². The maximum Gasteiger partial charge on any atom is 0.253 e. The second-order valence-electron chi connectivity index (χ2n) is 7.06. The van der Waals surface area contributed by atoms with Crippen molar-refractivity contribution in [2.75, 3.05) is 26.2 Å². The molecule has 1 unspecified atom stereocenters. The number of carbonyl (C=O) groups excluding carboxylic acids is 1. The van der Waals surface area contributed by atoms with Crippen molar-refractivity contribution >= 4 is 28.3 Å². The van der Waals surface area contributed by atoms with E-state index in [4.69, 9.17) is 5.73 Å². The van der Waals surface area contributed by atoms with Crippen LogP contribution in [-0.4, -0.2) is 55.8 Å². The zero-order valence-electron chi connectivity index (χ0n) is 16.6. The molecule has 0 aliphatic carbocycles. The van der Waals surface area contributed by atoms with Gasteiger partial charge < -0.3 is 10.6 Å². The topological polar surface area (TPSA) is 83.7 Å².